The highest BCUT2D eigenvalue weighted by molar-refractivity contribution is 7.90. The van der Waals surface area contributed by atoms with Crippen LogP contribution in [0.2, 0.25) is 0 Å². The molecular formula is C23H25F6N9O4S2. The first-order chi connectivity index (χ1) is 20.5. The Morgan fingerprint density at radius 3 is 1.66 bits per heavy atom. The van der Waals surface area contributed by atoms with E-state index in [2.05, 4.69) is 25.7 Å². The van der Waals surface area contributed by atoms with Crippen LogP contribution in [-0.2, 0) is 59.1 Å². The summed E-state index contributed by atoms with van der Waals surface area (Å²) in [5.41, 5.74) is 3.09. The third-order valence-electron chi connectivity index (χ3n) is 6.74. The smallest absolute Gasteiger partial charge is 0.307 e. The number of aromatic nitrogens is 8. The van der Waals surface area contributed by atoms with Crippen LogP contribution in [0.15, 0.2) is 47.0 Å². The van der Waals surface area contributed by atoms with Gasteiger partial charge in [-0.15, -0.1) is 0 Å². The van der Waals surface area contributed by atoms with Gasteiger partial charge in [-0.05, 0) is 24.8 Å². The standard InChI is InChI=1S/C12H13F3N4O2S.C11H12F3N5O2S/c13-12(14,15)4-5-18-8-10(6-16-18)22(20,21)19-7-9-2-1-3-11(9)17-19;12-11(13,14)1-2-18-7-9(4-16-18)22(20,21)19-6-8-3-15-5-10(8)17-19/h6-8H,1-5H2;4,6-7,15H,1-3,5H2. The molecule has 1 N–H and O–H groups in total. The number of alkyl halides is 6. The largest absolute Gasteiger partial charge is 0.390 e. The molecule has 13 nitrogen and oxygen atoms in total. The first-order valence-corrected chi connectivity index (χ1v) is 15.9. The number of nitrogens with zero attached hydrogens (tertiary/aromatic N) is 8. The summed E-state index contributed by atoms with van der Waals surface area (Å²) in [6, 6.07) is 0. The molecule has 1 aliphatic heterocycles. The second-order valence-electron chi connectivity index (χ2n) is 10.0. The second-order valence-corrected chi connectivity index (χ2v) is 13.6. The topological polar surface area (TPSA) is 152 Å². The van der Waals surface area contributed by atoms with Crippen molar-refractivity contribution in [3.05, 3.63) is 59.7 Å². The molecule has 0 fully saturated rings. The minimum atomic E-state index is -4.32. The van der Waals surface area contributed by atoms with E-state index in [0.29, 0.717) is 18.8 Å². The molecule has 0 spiro atoms. The lowest BCUT2D eigenvalue weighted by Crippen LogP contribution is -2.15. The Morgan fingerprint density at radius 2 is 1.18 bits per heavy atom. The van der Waals surface area contributed by atoms with Gasteiger partial charge in [-0.3, -0.25) is 9.36 Å². The van der Waals surface area contributed by atoms with Crippen molar-refractivity contribution in [2.24, 2.45) is 0 Å². The van der Waals surface area contributed by atoms with Crippen LogP contribution in [-0.4, -0.2) is 67.1 Å². The van der Waals surface area contributed by atoms with Gasteiger partial charge in [-0.1, -0.05) is 0 Å². The Morgan fingerprint density at radius 1 is 0.682 bits per heavy atom. The summed E-state index contributed by atoms with van der Waals surface area (Å²) in [5, 5.41) is 18.4. The molecule has 6 rings (SSSR count). The van der Waals surface area contributed by atoms with Crippen LogP contribution >= 0.6 is 0 Å². The van der Waals surface area contributed by atoms with E-state index in [1.165, 1.54) is 12.4 Å². The molecule has 0 unspecified atom stereocenters. The van der Waals surface area contributed by atoms with Crippen molar-refractivity contribution < 1.29 is 43.2 Å². The van der Waals surface area contributed by atoms with Gasteiger partial charge in [-0.2, -0.15) is 71.7 Å². The summed E-state index contributed by atoms with van der Waals surface area (Å²) < 4.78 is 126. The van der Waals surface area contributed by atoms with Crippen LogP contribution in [0.4, 0.5) is 26.3 Å². The fraction of sp³-hybridized carbons (Fsp3) is 0.478. The summed E-state index contributed by atoms with van der Waals surface area (Å²) in [6.45, 7) is 0.172. The Hall–Kier alpha value is -3.72. The normalized spacial score (nSPS) is 15.2. The van der Waals surface area contributed by atoms with Crippen molar-refractivity contribution in [2.75, 3.05) is 0 Å². The predicted octanol–water partition coefficient (Wildman–Crippen LogP) is 2.63. The van der Waals surface area contributed by atoms with Crippen LogP contribution in [0, 0.1) is 0 Å². The molecule has 0 bridgehead atoms. The Kier molecular flexibility index (Phi) is 8.39. The number of fused-ring (bicyclic) bond motifs is 2. The molecule has 4 aromatic heterocycles. The molecule has 240 valence electrons. The minimum Gasteiger partial charge on any atom is -0.307 e. The lowest BCUT2D eigenvalue weighted by molar-refractivity contribution is -0.138. The highest BCUT2D eigenvalue weighted by Gasteiger charge is 2.30. The zero-order valence-electron chi connectivity index (χ0n) is 22.6. The first-order valence-electron chi connectivity index (χ1n) is 13.1. The van der Waals surface area contributed by atoms with Crippen LogP contribution in [0.3, 0.4) is 0 Å². The van der Waals surface area contributed by atoms with Crippen LogP contribution in [0.25, 0.3) is 0 Å². The average molecular weight is 670 g/mol. The van der Waals surface area contributed by atoms with Crippen molar-refractivity contribution in [2.45, 2.75) is 80.4 Å². The number of hydrogen-bond donors (Lipinski definition) is 1. The van der Waals surface area contributed by atoms with Crippen molar-refractivity contribution in [3.8, 4) is 0 Å². The van der Waals surface area contributed by atoms with E-state index < -0.39 is 58.3 Å². The maximum Gasteiger partial charge on any atom is 0.390 e. The van der Waals surface area contributed by atoms with Gasteiger partial charge in [0.1, 0.15) is 9.79 Å². The molecule has 0 radical (unpaired) electrons. The van der Waals surface area contributed by atoms with E-state index >= 15 is 0 Å². The summed E-state index contributed by atoms with van der Waals surface area (Å²) in [4.78, 5) is -0.361. The highest BCUT2D eigenvalue weighted by atomic mass is 32.2. The Balaban J connectivity index is 0.000000175. The van der Waals surface area contributed by atoms with Gasteiger partial charge in [0, 0.05) is 56.5 Å². The molecule has 0 amide bonds. The molecule has 0 saturated heterocycles. The third kappa shape index (κ3) is 7.15. The number of rotatable bonds is 8. The molecule has 0 aromatic carbocycles. The lowest BCUT2D eigenvalue weighted by atomic mass is 10.3. The summed E-state index contributed by atoms with van der Waals surface area (Å²) in [6.07, 6.45) is -1.20. The van der Waals surface area contributed by atoms with Crippen LogP contribution < -0.4 is 5.32 Å². The molecule has 5 heterocycles. The lowest BCUT2D eigenvalue weighted by Gasteiger charge is -2.05. The van der Waals surface area contributed by atoms with Gasteiger partial charge >= 0.3 is 12.4 Å². The van der Waals surface area contributed by atoms with E-state index in [4.69, 9.17) is 0 Å². The monoisotopic (exact) mass is 669 g/mol. The van der Waals surface area contributed by atoms with E-state index in [1.54, 1.807) is 0 Å². The molecule has 2 aliphatic rings. The predicted molar refractivity (Wildman–Crippen MR) is 138 cm³/mol. The number of aryl methyl sites for hydroxylation is 4. The Labute approximate surface area is 246 Å². The van der Waals surface area contributed by atoms with Gasteiger partial charge in [0.2, 0.25) is 0 Å². The fourth-order valence-electron chi connectivity index (χ4n) is 4.46. The molecule has 21 heteroatoms. The average Bonchev–Trinajstić information content (AvgIpc) is 3.75. The zero-order valence-corrected chi connectivity index (χ0v) is 24.3. The molecule has 44 heavy (non-hydrogen) atoms. The molecule has 0 saturated carbocycles. The number of nitrogens with one attached hydrogen (secondary N) is 1. The number of halogens is 6. The van der Waals surface area contributed by atoms with Gasteiger partial charge in [0.25, 0.3) is 20.0 Å². The minimum absolute atomic E-state index is 0.171. The van der Waals surface area contributed by atoms with Crippen molar-refractivity contribution >= 4 is 20.0 Å². The first kappa shape index (κ1) is 31.7. The zero-order chi connectivity index (χ0) is 31.9. The maximum atomic E-state index is 12.4. The molecule has 0 atom stereocenters. The molecule has 4 aromatic rings. The molecular weight excluding hydrogens is 644 g/mol. The van der Waals surface area contributed by atoms with Crippen molar-refractivity contribution in [1.29, 1.82) is 0 Å². The molecule has 1 aliphatic carbocycles. The van der Waals surface area contributed by atoms with Gasteiger partial charge < -0.3 is 5.32 Å². The van der Waals surface area contributed by atoms with Crippen LogP contribution in [0.5, 0.6) is 0 Å². The van der Waals surface area contributed by atoms with E-state index in [1.807, 2.05) is 0 Å². The summed E-state index contributed by atoms with van der Waals surface area (Å²) in [5.74, 6) is 0. The van der Waals surface area contributed by atoms with Gasteiger partial charge in [0.05, 0.1) is 36.6 Å². The third-order valence-corrected chi connectivity index (χ3v) is 9.71. The van der Waals surface area contributed by atoms with E-state index in [0.717, 1.165) is 78.4 Å². The highest BCUT2D eigenvalue weighted by Crippen LogP contribution is 2.24. The van der Waals surface area contributed by atoms with Crippen LogP contribution in [0.1, 0.15) is 41.8 Å². The fourth-order valence-corrected chi connectivity index (χ4v) is 6.71. The Bertz CT molecular complexity index is 1680. The summed E-state index contributed by atoms with van der Waals surface area (Å²) >= 11 is 0. The summed E-state index contributed by atoms with van der Waals surface area (Å²) in [7, 11) is -7.85. The number of hydrogen-bond acceptors (Lipinski definition) is 9. The maximum absolute atomic E-state index is 12.4. The van der Waals surface area contributed by atoms with Gasteiger partial charge in [-0.25, -0.2) is 0 Å². The van der Waals surface area contributed by atoms with E-state index in [-0.39, 0.29) is 9.79 Å². The van der Waals surface area contributed by atoms with Crippen molar-refractivity contribution in [3.63, 3.8) is 0 Å². The van der Waals surface area contributed by atoms with Crippen molar-refractivity contribution in [1.82, 2.24) is 43.2 Å². The quantitative estimate of drug-likeness (QED) is 0.279. The second kappa shape index (κ2) is 11.7. The van der Waals surface area contributed by atoms with E-state index in [9.17, 15) is 43.2 Å². The SMILES string of the molecule is O=S(=O)(c1cnn(CCC(F)(F)F)c1)n1cc2c(n1)CCC2.O=S(=O)(c1cnn(CCC(F)(F)F)c1)n1cc2c(n1)CNC2. The van der Waals surface area contributed by atoms with Gasteiger partial charge in [0.15, 0.2) is 0 Å².